The molecule has 0 fully saturated rings. The molecule has 0 aromatic carbocycles. The Morgan fingerprint density at radius 3 is 3.10 bits per heavy atom. The number of hydrogen-bond acceptors (Lipinski definition) is 2. The molecule has 0 atom stereocenters. The van der Waals surface area contributed by atoms with Crippen molar-refractivity contribution in [3.05, 3.63) is 24.7 Å². The van der Waals surface area contributed by atoms with E-state index in [4.69, 9.17) is 0 Å². The van der Waals surface area contributed by atoms with Crippen molar-refractivity contribution in [2.45, 2.75) is 0 Å². The summed E-state index contributed by atoms with van der Waals surface area (Å²) < 4.78 is 0. The van der Waals surface area contributed by atoms with Crippen molar-refractivity contribution in [3.8, 4) is 0 Å². The predicted molar refractivity (Wildman–Crippen MR) is 41.9 cm³/mol. The van der Waals surface area contributed by atoms with Gasteiger partial charge in [0.1, 0.15) is 0 Å². The van der Waals surface area contributed by atoms with Crippen LogP contribution < -0.4 is 0 Å². The number of imidazole rings is 1. The molecular weight excluding hydrogens is 154 g/mol. The molecule has 0 aliphatic rings. The first-order valence-corrected chi connectivity index (χ1v) is 2.71. The molecule has 0 radical (unpaired) electrons. The van der Waals surface area contributed by atoms with E-state index in [1.165, 1.54) is 0 Å². The van der Waals surface area contributed by atoms with E-state index < -0.39 is 0 Å². The van der Waals surface area contributed by atoms with Gasteiger partial charge in [-0.2, -0.15) is 0 Å². The Labute approximate surface area is 90.8 Å². The average Bonchev–Trinajstić information content (AvgIpc) is 2.33. The third-order valence-electron chi connectivity index (χ3n) is 1.19. The smallest absolute Gasteiger partial charge is 1.00 e. The maximum atomic E-state index is 4.00. The van der Waals surface area contributed by atoms with Crippen molar-refractivity contribution in [1.29, 1.82) is 0 Å². The Balaban J connectivity index is 0. The summed E-state index contributed by atoms with van der Waals surface area (Å²) in [5.41, 5.74) is 1.76. The summed E-state index contributed by atoms with van der Waals surface area (Å²) in [7, 11) is 0. The van der Waals surface area contributed by atoms with E-state index in [0.29, 0.717) is 0 Å². The summed E-state index contributed by atoms with van der Waals surface area (Å²) in [5.74, 6) is 0. The normalized spacial score (nSPS) is 9.20. The standard InChI is InChI=1S/C6H5N3.Ca.2H/c1-2-5-6(7-3-1)9-4-8-5;;;/h1-4H,(H,7,8,9);;;/q;+2;2*-1. The molecule has 2 rings (SSSR count). The summed E-state index contributed by atoms with van der Waals surface area (Å²) in [6, 6.07) is 3.82. The van der Waals surface area contributed by atoms with Gasteiger partial charge in [0.25, 0.3) is 0 Å². The minimum Gasteiger partial charge on any atom is -1.00 e. The Bertz CT molecular complexity index is 295. The summed E-state index contributed by atoms with van der Waals surface area (Å²) in [6.07, 6.45) is 3.36. The molecule has 48 valence electrons. The number of aromatic amines is 1. The summed E-state index contributed by atoms with van der Waals surface area (Å²) in [5, 5.41) is 0. The second kappa shape index (κ2) is 3.32. The summed E-state index contributed by atoms with van der Waals surface area (Å²) in [4.78, 5) is 10.9. The molecule has 4 heteroatoms. The van der Waals surface area contributed by atoms with Gasteiger partial charge in [-0.15, -0.1) is 0 Å². The van der Waals surface area contributed by atoms with Crippen LogP contribution in [0, 0.1) is 0 Å². The van der Waals surface area contributed by atoms with Crippen LogP contribution in [-0.2, 0) is 0 Å². The zero-order valence-corrected chi connectivity index (χ0v) is 7.62. The van der Waals surface area contributed by atoms with Crippen molar-refractivity contribution in [2.24, 2.45) is 0 Å². The number of pyridine rings is 1. The maximum absolute atomic E-state index is 4.00. The van der Waals surface area contributed by atoms with Crippen molar-refractivity contribution in [1.82, 2.24) is 15.0 Å². The summed E-state index contributed by atoms with van der Waals surface area (Å²) >= 11 is 0. The van der Waals surface area contributed by atoms with E-state index in [-0.39, 0.29) is 40.6 Å². The second-order valence-electron chi connectivity index (χ2n) is 1.78. The predicted octanol–water partition coefficient (Wildman–Crippen LogP) is 0.802. The van der Waals surface area contributed by atoms with E-state index in [0.717, 1.165) is 11.2 Å². The van der Waals surface area contributed by atoms with Gasteiger partial charge >= 0.3 is 37.7 Å². The average molecular weight is 161 g/mol. The van der Waals surface area contributed by atoms with Gasteiger partial charge in [-0.25, -0.2) is 9.97 Å². The molecule has 0 aliphatic heterocycles. The molecule has 3 nitrogen and oxygen atoms in total. The Hall–Kier alpha value is -0.120. The monoisotopic (exact) mass is 161 g/mol. The number of aromatic nitrogens is 3. The van der Waals surface area contributed by atoms with Crippen molar-refractivity contribution in [3.63, 3.8) is 0 Å². The van der Waals surface area contributed by atoms with Gasteiger partial charge in [-0.3, -0.25) is 0 Å². The van der Waals surface area contributed by atoms with Crippen LogP contribution in [0.25, 0.3) is 11.2 Å². The van der Waals surface area contributed by atoms with Crippen LogP contribution in [0.15, 0.2) is 24.7 Å². The second-order valence-corrected chi connectivity index (χ2v) is 1.78. The van der Waals surface area contributed by atoms with Crippen LogP contribution in [0.2, 0.25) is 0 Å². The minimum absolute atomic E-state index is 0. The van der Waals surface area contributed by atoms with Crippen LogP contribution in [0.3, 0.4) is 0 Å². The number of hydrogen-bond donors (Lipinski definition) is 1. The van der Waals surface area contributed by atoms with Gasteiger partial charge in [0.2, 0.25) is 0 Å². The zero-order chi connectivity index (χ0) is 6.10. The summed E-state index contributed by atoms with van der Waals surface area (Å²) in [6.45, 7) is 0. The molecule has 0 aliphatic carbocycles. The van der Waals surface area contributed by atoms with E-state index in [9.17, 15) is 0 Å². The number of nitrogens with one attached hydrogen (secondary N) is 1. The zero-order valence-electron chi connectivity index (χ0n) is 7.41. The minimum atomic E-state index is 0. The molecule has 2 aromatic heterocycles. The first-order valence-electron chi connectivity index (χ1n) is 2.71. The fourth-order valence-electron chi connectivity index (χ4n) is 0.775. The first kappa shape index (κ1) is 7.98. The molecule has 0 amide bonds. The van der Waals surface area contributed by atoms with Gasteiger partial charge in [-0.1, -0.05) is 0 Å². The van der Waals surface area contributed by atoms with E-state index in [2.05, 4.69) is 15.0 Å². The first-order chi connectivity index (χ1) is 4.47. The SMILES string of the molecule is [Ca+2].[H-].[H-].c1cnc2nc[nH]c2c1. The van der Waals surface area contributed by atoms with E-state index in [1.807, 2.05) is 12.1 Å². The molecule has 2 aromatic rings. The van der Waals surface area contributed by atoms with Crippen LogP contribution in [0.1, 0.15) is 2.85 Å². The third-order valence-corrected chi connectivity index (χ3v) is 1.19. The van der Waals surface area contributed by atoms with Gasteiger partial charge in [0.05, 0.1) is 11.8 Å². The molecule has 10 heavy (non-hydrogen) atoms. The largest absolute Gasteiger partial charge is 2.00 e. The third kappa shape index (κ3) is 1.31. The van der Waals surface area contributed by atoms with Gasteiger partial charge in [0, 0.05) is 6.20 Å². The van der Waals surface area contributed by atoms with Crippen LogP contribution in [-0.4, -0.2) is 52.7 Å². The Morgan fingerprint density at radius 1 is 1.40 bits per heavy atom. The van der Waals surface area contributed by atoms with Crippen LogP contribution in [0.4, 0.5) is 0 Å². The molecule has 0 saturated carbocycles. The van der Waals surface area contributed by atoms with E-state index >= 15 is 0 Å². The molecule has 0 spiro atoms. The molecule has 0 bridgehead atoms. The molecule has 1 N–H and O–H groups in total. The van der Waals surface area contributed by atoms with Gasteiger partial charge < -0.3 is 7.84 Å². The van der Waals surface area contributed by atoms with E-state index in [1.54, 1.807) is 12.5 Å². The Morgan fingerprint density at radius 2 is 2.30 bits per heavy atom. The fourth-order valence-corrected chi connectivity index (χ4v) is 0.775. The molecule has 2 heterocycles. The fraction of sp³-hybridized carbons (Fsp3) is 0. The van der Waals surface area contributed by atoms with Gasteiger partial charge in [0.15, 0.2) is 5.65 Å². The quantitative estimate of drug-likeness (QED) is 0.581. The number of H-pyrrole nitrogens is 1. The van der Waals surface area contributed by atoms with Crippen molar-refractivity contribution < 1.29 is 2.85 Å². The van der Waals surface area contributed by atoms with Crippen LogP contribution in [0.5, 0.6) is 0 Å². The molecule has 0 saturated heterocycles. The van der Waals surface area contributed by atoms with Crippen molar-refractivity contribution in [2.75, 3.05) is 0 Å². The van der Waals surface area contributed by atoms with Crippen LogP contribution >= 0.6 is 0 Å². The number of rotatable bonds is 0. The number of nitrogens with zero attached hydrogens (tertiary/aromatic N) is 2. The topological polar surface area (TPSA) is 41.6 Å². The van der Waals surface area contributed by atoms with Gasteiger partial charge in [-0.05, 0) is 12.1 Å². The molecular formula is C6H7CaN3. The molecule has 0 unspecified atom stereocenters. The van der Waals surface area contributed by atoms with Crippen molar-refractivity contribution >= 4 is 48.9 Å². The Kier molecular flexibility index (Phi) is 2.65. The number of fused-ring (bicyclic) bond motifs is 1. The maximum Gasteiger partial charge on any atom is 2.00 e.